The van der Waals surface area contributed by atoms with Crippen LogP contribution in [-0.2, 0) is 9.22 Å². The summed E-state index contributed by atoms with van der Waals surface area (Å²) in [6.07, 6.45) is 13.4. The number of hydrogen-bond acceptors (Lipinski definition) is 2. The zero-order valence-electron chi connectivity index (χ0n) is 16.5. The third kappa shape index (κ3) is 14.7. The van der Waals surface area contributed by atoms with Crippen LogP contribution >= 0.6 is 0 Å². The molecule has 0 aliphatic rings. The van der Waals surface area contributed by atoms with Crippen LogP contribution in [0.15, 0.2) is 11.6 Å². The van der Waals surface area contributed by atoms with Crippen molar-refractivity contribution in [2.75, 3.05) is 0 Å². The zero-order chi connectivity index (χ0) is 17.7. The minimum Gasteiger partial charge on any atom is -0.526 e. The summed E-state index contributed by atoms with van der Waals surface area (Å²) in [4.78, 5) is 11.2. The van der Waals surface area contributed by atoms with Gasteiger partial charge in [-0.1, -0.05) is 78.2 Å². The molecule has 0 aromatic rings. The molecule has 0 fully saturated rings. The molecule has 0 aliphatic carbocycles. The van der Waals surface area contributed by atoms with Crippen molar-refractivity contribution in [3.63, 3.8) is 0 Å². The van der Waals surface area contributed by atoms with E-state index in [-0.39, 0.29) is 5.97 Å². The van der Waals surface area contributed by atoms with Gasteiger partial charge in [0.05, 0.1) is 0 Å². The molecule has 0 spiro atoms. The predicted octanol–water partition coefficient (Wildman–Crippen LogP) is 5.20. The Morgan fingerprint density at radius 3 is 1.87 bits per heavy atom. The van der Waals surface area contributed by atoms with Gasteiger partial charge < -0.3 is 4.43 Å². The summed E-state index contributed by atoms with van der Waals surface area (Å²) < 4.78 is 4.79. The molecular formula is C20H40O2Si. The fraction of sp³-hybridized carbons (Fsp3) is 0.850. The van der Waals surface area contributed by atoms with Crippen molar-refractivity contribution in [1.29, 1.82) is 0 Å². The minimum atomic E-state index is -0.173. The van der Waals surface area contributed by atoms with E-state index in [4.69, 9.17) is 4.43 Å². The van der Waals surface area contributed by atoms with Gasteiger partial charge in [-0.25, -0.2) is 4.79 Å². The second-order valence-corrected chi connectivity index (χ2v) is 8.28. The van der Waals surface area contributed by atoms with E-state index >= 15 is 0 Å². The summed E-state index contributed by atoms with van der Waals surface area (Å²) in [5.41, 5.74) is 1.15. The van der Waals surface area contributed by atoms with Crippen LogP contribution in [-0.4, -0.2) is 16.5 Å². The molecule has 0 aromatic heterocycles. The Morgan fingerprint density at radius 1 is 0.913 bits per heavy atom. The molecule has 3 heteroatoms. The van der Waals surface area contributed by atoms with Crippen molar-refractivity contribution < 1.29 is 9.22 Å². The number of carbonyl (C=O) groups is 1. The Labute approximate surface area is 148 Å². The van der Waals surface area contributed by atoms with E-state index in [9.17, 15) is 4.79 Å². The Morgan fingerprint density at radius 2 is 1.39 bits per heavy atom. The third-order valence-corrected chi connectivity index (χ3v) is 5.11. The van der Waals surface area contributed by atoms with Gasteiger partial charge in [0.15, 0.2) is 0 Å². The van der Waals surface area contributed by atoms with Gasteiger partial charge in [-0.3, -0.25) is 0 Å². The molecule has 0 saturated carbocycles. The number of allylic oxidation sites excluding steroid dienone is 1. The predicted molar refractivity (Wildman–Crippen MR) is 105 cm³/mol. The van der Waals surface area contributed by atoms with Crippen LogP contribution in [0.3, 0.4) is 0 Å². The lowest BCUT2D eigenvalue weighted by Gasteiger charge is -2.15. The summed E-state index contributed by atoms with van der Waals surface area (Å²) in [7, 11) is 0.485. The average molecular weight is 341 g/mol. The minimum absolute atomic E-state index is 0.173. The fourth-order valence-electron chi connectivity index (χ4n) is 3.04. The van der Waals surface area contributed by atoms with Gasteiger partial charge in [-0.2, -0.15) is 0 Å². The fourth-order valence-corrected chi connectivity index (χ4v) is 3.16. The van der Waals surface area contributed by atoms with Gasteiger partial charge in [-0.15, -0.1) is 0 Å². The number of carbonyl (C=O) groups excluding carboxylic acids is 1. The lowest BCUT2D eigenvalue weighted by Crippen LogP contribution is -2.00. The van der Waals surface area contributed by atoms with Crippen LogP contribution in [0.5, 0.6) is 0 Å². The maximum absolute atomic E-state index is 11.2. The first-order valence-electron chi connectivity index (χ1n) is 9.60. The molecule has 0 heterocycles. The van der Waals surface area contributed by atoms with Crippen molar-refractivity contribution in [2.45, 2.75) is 92.4 Å². The van der Waals surface area contributed by atoms with E-state index < -0.39 is 0 Å². The molecule has 0 unspecified atom stereocenters. The first kappa shape index (κ1) is 22.4. The van der Waals surface area contributed by atoms with Gasteiger partial charge in [0, 0.05) is 6.08 Å². The molecule has 0 radical (unpaired) electrons. The van der Waals surface area contributed by atoms with Crippen LogP contribution in [0.4, 0.5) is 0 Å². The van der Waals surface area contributed by atoms with Crippen molar-refractivity contribution in [3.05, 3.63) is 11.6 Å². The Bertz CT molecular complexity index is 337. The summed E-state index contributed by atoms with van der Waals surface area (Å²) in [6, 6.07) is 0. The topological polar surface area (TPSA) is 26.3 Å². The van der Waals surface area contributed by atoms with Crippen molar-refractivity contribution in [1.82, 2.24) is 0 Å². The molecule has 0 N–H and O–H groups in total. The molecule has 0 amide bonds. The maximum atomic E-state index is 11.2. The van der Waals surface area contributed by atoms with Gasteiger partial charge >= 0.3 is 5.97 Å². The molecule has 0 bridgehead atoms. The van der Waals surface area contributed by atoms with Crippen molar-refractivity contribution in [2.24, 2.45) is 17.8 Å². The molecule has 2 nitrogen and oxygen atoms in total. The smallest absolute Gasteiger partial charge is 0.316 e. The third-order valence-electron chi connectivity index (χ3n) is 4.71. The molecule has 23 heavy (non-hydrogen) atoms. The highest BCUT2D eigenvalue weighted by molar-refractivity contribution is 6.07. The van der Waals surface area contributed by atoms with Crippen LogP contribution in [0.2, 0.25) is 0 Å². The van der Waals surface area contributed by atoms with E-state index in [1.165, 1.54) is 51.4 Å². The SMILES string of the molecule is C/C(=C\C(=O)O[SiH3])CCC[C@H](C)CCC[C@H](C)CCCC(C)C. The molecule has 136 valence electrons. The van der Waals surface area contributed by atoms with Gasteiger partial charge in [0.25, 0.3) is 0 Å². The summed E-state index contributed by atoms with van der Waals surface area (Å²) >= 11 is 0. The normalized spacial score (nSPS) is 15.0. The second kappa shape index (κ2) is 13.8. The molecule has 2 atom stereocenters. The van der Waals surface area contributed by atoms with Crippen molar-refractivity contribution >= 4 is 16.5 Å². The zero-order valence-corrected chi connectivity index (χ0v) is 18.5. The van der Waals surface area contributed by atoms with Crippen molar-refractivity contribution in [3.8, 4) is 0 Å². The molecule has 0 aromatic carbocycles. The molecule has 0 saturated heterocycles. The van der Waals surface area contributed by atoms with Crippen LogP contribution in [0, 0.1) is 17.8 Å². The van der Waals surface area contributed by atoms with Gasteiger partial charge in [-0.05, 0) is 37.5 Å². The molecule has 0 rings (SSSR count). The van der Waals surface area contributed by atoms with Crippen LogP contribution < -0.4 is 0 Å². The second-order valence-electron chi connectivity index (χ2n) is 7.87. The van der Waals surface area contributed by atoms with Gasteiger partial charge in [0.2, 0.25) is 10.5 Å². The number of hydrogen-bond donors (Lipinski definition) is 0. The highest BCUT2D eigenvalue weighted by Crippen LogP contribution is 2.22. The van der Waals surface area contributed by atoms with E-state index in [1.54, 1.807) is 6.08 Å². The lowest BCUT2D eigenvalue weighted by molar-refractivity contribution is -0.128. The highest BCUT2D eigenvalue weighted by atomic mass is 28.2. The standard InChI is InChI=1S/C20H40O2Si/c1-16(2)9-6-10-17(3)11-7-12-18(4)13-8-14-19(5)15-20(21)22-23/h15-18H,6-14H2,1-5,23H3/b19-15+/t17-,18-/m1/s1. The van der Waals surface area contributed by atoms with E-state index in [0.29, 0.717) is 10.5 Å². The van der Waals surface area contributed by atoms with Gasteiger partial charge in [0.1, 0.15) is 0 Å². The lowest BCUT2D eigenvalue weighted by atomic mass is 9.91. The van der Waals surface area contributed by atoms with Crippen LogP contribution in [0.25, 0.3) is 0 Å². The monoisotopic (exact) mass is 340 g/mol. The largest absolute Gasteiger partial charge is 0.526 e. The quantitative estimate of drug-likeness (QED) is 0.340. The first-order valence-corrected chi connectivity index (χ1v) is 10.4. The number of rotatable bonds is 13. The van der Waals surface area contributed by atoms with E-state index in [1.807, 2.05) is 6.92 Å². The molecular weight excluding hydrogens is 300 g/mol. The Kier molecular flexibility index (Phi) is 13.5. The molecule has 0 aliphatic heterocycles. The van der Waals surface area contributed by atoms with E-state index in [2.05, 4.69) is 27.7 Å². The summed E-state index contributed by atoms with van der Waals surface area (Å²) in [6.45, 7) is 11.4. The summed E-state index contributed by atoms with van der Waals surface area (Å²) in [5, 5.41) is 0. The van der Waals surface area contributed by atoms with E-state index in [0.717, 1.165) is 29.7 Å². The Balaban J connectivity index is 3.65. The average Bonchev–Trinajstić information content (AvgIpc) is 2.46. The highest BCUT2D eigenvalue weighted by Gasteiger charge is 2.07. The van der Waals surface area contributed by atoms with Crippen LogP contribution in [0.1, 0.15) is 92.4 Å². The Hall–Kier alpha value is -0.573. The summed E-state index contributed by atoms with van der Waals surface area (Å²) in [5.74, 6) is 2.36. The first-order chi connectivity index (χ1) is 10.8. The maximum Gasteiger partial charge on any atom is 0.316 e.